The Kier molecular flexibility index (Phi) is 5.18. The monoisotopic (exact) mass is 320 g/mol. The van der Waals surface area contributed by atoms with E-state index in [2.05, 4.69) is 20.0 Å². The van der Waals surface area contributed by atoms with Gasteiger partial charge >= 0.3 is 0 Å². The van der Waals surface area contributed by atoms with Crippen LogP contribution in [0.1, 0.15) is 12.5 Å². The molecule has 0 aliphatic heterocycles. The zero-order chi connectivity index (χ0) is 16.0. The molecule has 0 unspecified atom stereocenters. The lowest BCUT2D eigenvalue weighted by atomic mass is 10.2. The highest BCUT2D eigenvalue weighted by Gasteiger charge is 2.13. The van der Waals surface area contributed by atoms with Crippen molar-refractivity contribution in [2.45, 2.75) is 18.2 Å². The molecule has 1 aromatic heterocycles. The zero-order valence-electron chi connectivity index (χ0n) is 12.0. The summed E-state index contributed by atoms with van der Waals surface area (Å²) < 4.78 is 26.8. The first kappa shape index (κ1) is 16.1. The first-order valence-corrected chi connectivity index (χ1v) is 8.07. The lowest BCUT2D eigenvalue weighted by Crippen LogP contribution is -2.26. The van der Waals surface area contributed by atoms with E-state index in [4.69, 9.17) is 0 Å². The molecule has 0 fully saturated rings. The van der Waals surface area contributed by atoms with E-state index in [9.17, 15) is 13.2 Å². The normalized spacial score (nSPS) is 11.1. The van der Waals surface area contributed by atoms with Crippen molar-refractivity contribution in [3.8, 4) is 0 Å². The van der Waals surface area contributed by atoms with E-state index in [0.29, 0.717) is 12.1 Å². The van der Waals surface area contributed by atoms with Crippen molar-refractivity contribution in [3.05, 3.63) is 48.5 Å². The maximum Gasteiger partial charge on any atom is 0.240 e. The molecular weight excluding hydrogens is 304 g/mol. The van der Waals surface area contributed by atoms with Crippen LogP contribution in [0.4, 0.5) is 5.69 Å². The van der Waals surface area contributed by atoms with Gasteiger partial charge in [0.2, 0.25) is 15.9 Å². The minimum atomic E-state index is -3.58. The van der Waals surface area contributed by atoms with Gasteiger partial charge in [-0.25, -0.2) is 23.1 Å². The number of amides is 1. The second-order valence-corrected chi connectivity index (χ2v) is 6.37. The first-order chi connectivity index (χ1) is 10.5. The number of nitrogens with zero attached hydrogens (tertiary/aromatic N) is 2. The van der Waals surface area contributed by atoms with E-state index in [1.54, 1.807) is 24.5 Å². The molecule has 0 spiro atoms. The second kappa shape index (κ2) is 7.10. The molecule has 8 heteroatoms. The van der Waals surface area contributed by atoms with Gasteiger partial charge in [-0.15, -0.1) is 0 Å². The van der Waals surface area contributed by atoms with E-state index in [0.717, 1.165) is 5.56 Å². The van der Waals surface area contributed by atoms with Crippen LogP contribution >= 0.6 is 0 Å². The summed E-state index contributed by atoms with van der Waals surface area (Å²) in [7, 11) is -3.58. The van der Waals surface area contributed by atoms with Gasteiger partial charge in [0.25, 0.3) is 0 Å². The highest BCUT2D eigenvalue weighted by atomic mass is 32.2. The molecule has 0 aliphatic rings. The molecule has 0 aliphatic carbocycles. The summed E-state index contributed by atoms with van der Waals surface area (Å²) in [5.74, 6) is -0.209. The smallest absolute Gasteiger partial charge is 0.240 e. The summed E-state index contributed by atoms with van der Waals surface area (Å²) in [5, 5.41) is 2.58. The van der Waals surface area contributed by atoms with Gasteiger partial charge in [-0.3, -0.25) is 4.79 Å². The zero-order valence-corrected chi connectivity index (χ0v) is 12.8. The van der Waals surface area contributed by atoms with E-state index in [-0.39, 0.29) is 17.3 Å². The largest absolute Gasteiger partial charge is 0.326 e. The van der Waals surface area contributed by atoms with Crippen LogP contribution in [-0.4, -0.2) is 30.8 Å². The summed E-state index contributed by atoms with van der Waals surface area (Å²) in [4.78, 5) is 18.8. The number of anilines is 1. The van der Waals surface area contributed by atoms with Crippen molar-refractivity contribution in [1.29, 1.82) is 0 Å². The first-order valence-electron chi connectivity index (χ1n) is 6.58. The minimum Gasteiger partial charge on any atom is -0.326 e. The van der Waals surface area contributed by atoms with E-state index in [1.807, 2.05) is 0 Å². The maximum absolute atomic E-state index is 12.1. The molecule has 116 valence electrons. The van der Waals surface area contributed by atoms with Crippen LogP contribution in [-0.2, 0) is 21.2 Å². The molecule has 0 saturated heterocycles. The Morgan fingerprint density at radius 3 is 2.36 bits per heavy atom. The van der Waals surface area contributed by atoms with Gasteiger partial charge in [0.1, 0.15) is 6.33 Å². The minimum absolute atomic E-state index is 0.144. The van der Waals surface area contributed by atoms with Crippen molar-refractivity contribution in [2.24, 2.45) is 0 Å². The summed E-state index contributed by atoms with van der Waals surface area (Å²) in [5.41, 5.74) is 1.40. The standard InChI is InChI=1S/C14H16N4O3S/c1-11(19)18-13-2-4-14(5-3-13)22(20,21)17-7-6-12-8-15-10-16-9-12/h2-5,8-10,17H,6-7H2,1H3,(H,18,19). The SMILES string of the molecule is CC(=O)Nc1ccc(S(=O)(=O)NCCc2cncnc2)cc1. The van der Waals surface area contributed by atoms with E-state index < -0.39 is 10.0 Å². The predicted octanol–water partition coefficient (Wildman–Crippen LogP) is 0.956. The number of nitrogens with one attached hydrogen (secondary N) is 2. The molecule has 2 N–H and O–H groups in total. The number of carbonyl (C=O) groups excluding carboxylic acids is 1. The van der Waals surface area contributed by atoms with Gasteiger partial charge in [0.15, 0.2) is 0 Å². The van der Waals surface area contributed by atoms with Crippen LogP contribution in [0.3, 0.4) is 0 Å². The fourth-order valence-electron chi connectivity index (χ4n) is 1.79. The molecule has 1 amide bonds. The average Bonchev–Trinajstić information content (AvgIpc) is 2.48. The molecule has 22 heavy (non-hydrogen) atoms. The van der Waals surface area contributed by atoms with Crippen LogP contribution in [0.15, 0.2) is 47.9 Å². The Hall–Kier alpha value is -2.32. The van der Waals surface area contributed by atoms with Gasteiger partial charge < -0.3 is 5.32 Å². The Balaban J connectivity index is 1.96. The summed E-state index contributed by atoms with van der Waals surface area (Å²) in [6, 6.07) is 5.97. The Morgan fingerprint density at radius 1 is 1.14 bits per heavy atom. The summed E-state index contributed by atoms with van der Waals surface area (Å²) >= 11 is 0. The Labute approximate surface area is 128 Å². The molecule has 7 nitrogen and oxygen atoms in total. The van der Waals surface area contributed by atoms with Crippen LogP contribution in [0.25, 0.3) is 0 Å². The van der Waals surface area contributed by atoms with Crippen molar-refractivity contribution in [1.82, 2.24) is 14.7 Å². The molecule has 0 bridgehead atoms. The Morgan fingerprint density at radius 2 is 1.77 bits per heavy atom. The third-order valence-corrected chi connectivity index (χ3v) is 4.28. The fourth-order valence-corrected chi connectivity index (χ4v) is 2.82. The van der Waals surface area contributed by atoms with E-state index in [1.165, 1.54) is 25.4 Å². The third kappa shape index (κ3) is 4.61. The van der Waals surface area contributed by atoms with Crippen LogP contribution < -0.4 is 10.0 Å². The highest BCUT2D eigenvalue weighted by molar-refractivity contribution is 7.89. The maximum atomic E-state index is 12.1. The number of benzene rings is 1. The molecular formula is C14H16N4O3S. The lowest BCUT2D eigenvalue weighted by Gasteiger charge is -2.08. The lowest BCUT2D eigenvalue weighted by molar-refractivity contribution is -0.114. The molecule has 2 aromatic rings. The van der Waals surface area contributed by atoms with Crippen molar-refractivity contribution in [3.63, 3.8) is 0 Å². The third-order valence-electron chi connectivity index (χ3n) is 2.80. The highest BCUT2D eigenvalue weighted by Crippen LogP contribution is 2.13. The average molecular weight is 320 g/mol. The second-order valence-electron chi connectivity index (χ2n) is 4.60. The number of sulfonamides is 1. The topological polar surface area (TPSA) is 101 Å². The molecule has 0 atom stereocenters. The number of hydrogen-bond acceptors (Lipinski definition) is 5. The van der Waals surface area contributed by atoms with Crippen LogP contribution in [0.2, 0.25) is 0 Å². The number of hydrogen-bond donors (Lipinski definition) is 2. The van der Waals surface area contributed by atoms with Gasteiger partial charge in [-0.2, -0.15) is 0 Å². The molecule has 0 radical (unpaired) electrons. The van der Waals surface area contributed by atoms with Gasteiger partial charge in [-0.1, -0.05) is 0 Å². The number of aromatic nitrogens is 2. The molecule has 1 heterocycles. The van der Waals surface area contributed by atoms with Crippen molar-refractivity contribution < 1.29 is 13.2 Å². The van der Waals surface area contributed by atoms with Gasteiger partial charge in [-0.05, 0) is 36.2 Å². The quantitative estimate of drug-likeness (QED) is 0.825. The van der Waals surface area contributed by atoms with E-state index >= 15 is 0 Å². The van der Waals surface area contributed by atoms with Crippen LogP contribution in [0.5, 0.6) is 0 Å². The fraction of sp³-hybridized carbons (Fsp3) is 0.214. The van der Waals surface area contributed by atoms with Gasteiger partial charge in [0.05, 0.1) is 4.90 Å². The predicted molar refractivity (Wildman–Crippen MR) is 81.7 cm³/mol. The molecule has 1 aromatic carbocycles. The van der Waals surface area contributed by atoms with Crippen molar-refractivity contribution >= 4 is 21.6 Å². The van der Waals surface area contributed by atoms with Crippen molar-refractivity contribution in [2.75, 3.05) is 11.9 Å². The van der Waals surface area contributed by atoms with Gasteiger partial charge in [0, 0.05) is 31.5 Å². The molecule has 0 saturated carbocycles. The van der Waals surface area contributed by atoms with Crippen LogP contribution in [0, 0.1) is 0 Å². The summed E-state index contributed by atoms with van der Waals surface area (Å²) in [6.45, 7) is 1.64. The summed E-state index contributed by atoms with van der Waals surface area (Å²) in [6.07, 6.45) is 5.21. The number of carbonyl (C=O) groups is 1. The number of rotatable bonds is 6. The molecule has 2 rings (SSSR count). The Bertz CT molecular complexity index is 730.